The van der Waals surface area contributed by atoms with E-state index in [0.717, 1.165) is 5.56 Å². The van der Waals surface area contributed by atoms with Gasteiger partial charge in [0, 0.05) is 24.1 Å². The van der Waals surface area contributed by atoms with Gasteiger partial charge in [-0.3, -0.25) is 0 Å². The largest absolute Gasteiger partial charge is 0.490 e. The second kappa shape index (κ2) is 5.38. The summed E-state index contributed by atoms with van der Waals surface area (Å²) in [5.41, 5.74) is 6.38. The molecular weight excluding hydrogens is 287 g/mol. The molecule has 0 spiro atoms. The van der Waals surface area contributed by atoms with Gasteiger partial charge in [-0.25, -0.2) is 0 Å². The maximum absolute atomic E-state index is 12.2. The third kappa shape index (κ3) is 3.79. The molecule has 7 heteroatoms. The third-order valence-corrected chi connectivity index (χ3v) is 3.27. The van der Waals surface area contributed by atoms with Gasteiger partial charge in [0.2, 0.25) is 0 Å². The Morgan fingerprint density at radius 3 is 2.76 bits per heavy atom. The van der Waals surface area contributed by atoms with E-state index in [1.807, 2.05) is 13.8 Å². The standard InChI is InChI=1S/C14H18F3NO3/c1-13(2)6-10(18)9-4-3-8(5-11(9)21-13)20-7-12(19)14(15,16)17/h3-5,10,12,19H,6-7,18H2,1-2H3. The highest BCUT2D eigenvalue weighted by molar-refractivity contribution is 5.44. The van der Waals surface area contributed by atoms with E-state index in [4.69, 9.17) is 20.3 Å². The molecule has 1 aromatic carbocycles. The lowest BCUT2D eigenvalue weighted by atomic mass is 9.90. The number of hydrogen-bond donors (Lipinski definition) is 2. The van der Waals surface area contributed by atoms with Crippen molar-refractivity contribution in [1.29, 1.82) is 0 Å². The Morgan fingerprint density at radius 2 is 2.14 bits per heavy atom. The van der Waals surface area contributed by atoms with Gasteiger partial charge < -0.3 is 20.3 Å². The molecule has 0 aliphatic carbocycles. The van der Waals surface area contributed by atoms with Crippen LogP contribution < -0.4 is 15.2 Å². The molecule has 1 aromatic rings. The summed E-state index contributed by atoms with van der Waals surface area (Å²) >= 11 is 0. The lowest BCUT2D eigenvalue weighted by molar-refractivity contribution is -0.210. The summed E-state index contributed by atoms with van der Waals surface area (Å²) in [6.45, 7) is 2.91. The van der Waals surface area contributed by atoms with Gasteiger partial charge in [0.25, 0.3) is 0 Å². The number of aliphatic hydroxyl groups excluding tert-OH is 1. The molecule has 0 fully saturated rings. The first kappa shape index (κ1) is 15.9. The number of aliphatic hydroxyl groups is 1. The van der Waals surface area contributed by atoms with E-state index in [2.05, 4.69) is 0 Å². The summed E-state index contributed by atoms with van der Waals surface area (Å²) in [5, 5.41) is 8.91. The van der Waals surface area contributed by atoms with Crippen LogP contribution >= 0.6 is 0 Å². The minimum absolute atomic E-state index is 0.196. The molecule has 0 saturated heterocycles. The monoisotopic (exact) mass is 305 g/mol. The number of rotatable bonds is 3. The molecule has 0 aromatic heterocycles. The highest BCUT2D eigenvalue weighted by Gasteiger charge is 2.39. The zero-order valence-electron chi connectivity index (χ0n) is 11.8. The number of ether oxygens (including phenoxy) is 2. The van der Waals surface area contributed by atoms with Crippen LogP contribution in [0.2, 0.25) is 0 Å². The van der Waals surface area contributed by atoms with Gasteiger partial charge in [-0.05, 0) is 19.9 Å². The summed E-state index contributed by atoms with van der Waals surface area (Å²) in [5.74, 6) is 0.694. The van der Waals surface area contributed by atoms with E-state index in [-0.39, 0.29) is 11.8 Å². The molecule has 1 aliphatic heterocycles. The zero-order chi connectivity index (χ0) is 15.8. The molecule has 2 atom stereocenters. The van der Waals surface area contributed by atoms with E-state index < -0.39 is 24.5 Å². The molecule has 0 bridgehead atoms. The van der Waals surface area contributed by atoms with Crippen LogP contribution in [-0.2, 0) is 0 Å². The first-order valence-corrected chi connectivity index (χ1v) is 6.54. The molecule has 0 radical (unpaired) electrons. The SMILES string of the molecule is CC1(C)CC(N)c2ccc(OCC(O)C(F)(F)F)cc2O1. The molecule has 1 aliphatic rings. The molecule has 1 heterocycles. The van der Waals surface area contributed by atoms with Crippen molar-refractivity contribution in [3.63, 3.8) is 0 Å². The first-order valence-electron chi connectivity index (χ1n) is 6.54. The Kier molecular flexibility index (Phi) is 4.08. The van der Waals surface area contributed by atoms with Gasteiger partial charge in [0.1, 0.15) is 23.7 Å². The number of hydrogen-bond acceptors (Lipinski definition) is 4. The Bertz CT molecular complexity index is 517. The van der Waals surface area contributed by atoms with Gasteiger partial charge in [0.15, 0.2) is 6.10 Å². The minimum Gasteiger partial charge on any atom is -0.490 e. The van der Waals surface area contributed by atoms with E-state index in [9.17, 15) is 13.2 Å². The highest BCUT2D eigenvalue weighted by Crippen LogP contribution is 2.40. The maximum Gasteiger partial charge on any atom is 0.417 e. The molecule has 21 heavy (non-hydrogen) atoms. The van der Waals surface area contributed by atoms with Crippen LogP contribution in [0.15, 0.2) is 18.2 Å². The van der Waals surface area contributed by atoms with E-state index in [1.165, 1.54) is 12.1 Å². The number of fused-ring (bicyclic) bond motifs is 1. The lowest BCUT2D eigenvalue weighted by Gasteiger charge is -2.36. The summed E-state index contributed by atoms with van der Waals surface area (Å²) in [6.07, 6.45) is -6.57. The second-order valence-electron chi connectivity index (χ2n) is 5.74. The second-order valence-corrected chi connectivity index (χ2v) is 5.74. The number of halogens is 3. The molecule has 3 N–H and O–H groups in total. The van der Waals surface area contributed by atoms with E-state index in [0.29, 0.717) is 12.2 Å². The van der Waals surface area contributed by atoms with Crippen molar-refractivity contribution in [1.82, 2.24) is 0 Å². The molecule has 0 saturated carbocycles. The van der Waals surface area contributed by atoms with Crippen LogP contribution in [0, 0.1) is 0 Å². The van der Waals surface area contributed by atoms with Crippen molar-refractivity contribution in [2.24, 2.45) is 5.73 Å². The van der Waals surface area contributed by atoms with Crippen molar-refractivity contribution in [2.45, 2.75) is 44.2 Å². The van der Waals surface area contributed by atoms with E-state index >= 15 is 0 Å². The maximum atomic E-state index is 12.2. The average Bonchev–Trinajstić information content (AvgIpc) is 2.32. The normalized spacial score (nSPS) is 22.1. The van der Waals surface area contributed by atoms with Gasteiger partial charge in [-0.1, -0.05) is 6.07 Å². The smallest absolute Gasteiger partial charge is 0.417 e. The van der Waals surface area contributed by atoms with Crippen LogP contribution in [0.1, 0.15) is 31.9 Å². The number of nitrogens with two attached hydrogens (primary N) is 1. The minimum atomic E-state index is -4.70. The first-order chi connectivity index (χ1) is 9.58. The quantitative estimate of drug-likeness (QED) is 0.901. The summed E-state index contributed by atoms with van der Waals surface area (Å²) < 4.78 is 47.4. The predicted octanol–water partition coefficient (Wildman–Crippen LogP) is 2.55. The summed E-state index contributed by atoms with van der Waals surface area (Å²) in [7, 11) is 0. The lowest BCUT2D eigenvalue weighted by Crippen LogP contribution is -2.37. The van der Waals surface area contributed by atoms with Crippen LogP contribution in [0.4, 0.5) is 13.2 Å². The summed E-state index contributed by atoms with van der Waals surface area (Å²) in [6, 6.07) is 4.49. The Balaban J connectivity index is 2.11. The Hall–Kier alpha value is -1.47. The van der Waals surface area contributed by atoms with Crippen LogP contribution in [-0.4, -0.2) is 29.6 Å². The highest BCUT2D eigenvalue weighted by atomic mass is 19.4. The van der Waals surface area contributed by atoms with Gasteiger partial charge in [-0.15, -0.1) is 0 Å². The van der Waals surface area contributed by atoms with Gasteiger partial charge >= 0.3 is 6.18 Å². The van der Waals surface area contributed by atoms with Crippen molar-refractivity contribution < 1.29 is 27.8 Å². The Labute approximate surface area is 120 Å². The fourth-order valence-corrected chi connectivity index (χ4v) is 2.25. The van der Waals surface area contributed by atoms with Crippen LogP contribution in [0.3, 0.4) is 0 Å². The number of benzene rings is 1. The number of alkyl halides is 3. The van der Waals surface area contributed by atoms with Crippen LogP contribution in [0.5, 0.6) is 11.5 Å². The fraction of sp³-hybridized carbons (Fsp3) is 0.571. The van der Waals surface area contributed by atoms with Gasteiger partial charge in [-0.2, -0.15) is 13.2 Å². The molecular formula is C14H18F3NO3. The van der Waals surface area contributed by atoms with E-state index in [1.54, 1.807) is 6.07 Å². The molecule has 4 nitrogen and oxygen atoms in total. The zero-order valence-corrected chi connectivity index (χ0v) is 11.8. The summed E-state index contributed by atoms with van der Waals surface area (Å²) in [4.78, 5) is 0. The predicted molar refractivity (Wildman–Crippen MR) is 70.3 cm³/mol. The average molecular weight is 305 g/mol. The molecule has 118 valence electrons. The van der Waals surface area contributed by atoms with Gasteiger partial charge in [0.05, 0.1) is 0 Å². The molecule has 2 rings (SSSR count). The van der Waals surface area contributed by atoms with Crippen molar-refractivity contribution >= 4 is 0 Å². The van der Waals surface area contributed by atoms with Crippen LogP contribution in [0.25, 0.3) is 0 Å². The fourth-order valence-electron chi connectivity index (χ4n) is 2.25. The van der Waals surface area contributed by atoms with Crippen molar-refractivity contribution in [3.05, 3.63) is 23.8 Å². The topological polar surface area (TPSA) is 64.7 Å². The molecule has 2 unspecified atom stereocenters. The Morgan fingerprint density at radius 1 is 1.48 bits per heavy atom. The molecule has 0 amide bonds. The third-order valence-electron chi connectivity index (χ3n) is 3.27. The van der Waals surface area contributed by atoms with Crippen molar-refractivity contribution in [2.75, 3.05) is 6.61 Å². The van der Waals surface area contributed by atoms with Crippen molar-refractivity contribution in [3.8, 4) is 11.5 Å².